The fourth-order valence-corrected chi connectivity index (χ4v) is 3.12. The number of nitrogens with zero attached hydrogens (tertiary/aromatic N) is 1. The smallest absolute Gasteiger partial charge is 0.271 e. The number of amides is 2. The molecule has 3 unspecified atom stereocenters. The highest BCUT2D eigenvalue weighted by Gasteiger charge is 2.69. The van der Waals surface area contributed by atoms with Gasteiger partial charge in [-0.25, -0.2) is 4.90 Å². The number of imide groups is 1. The van der Waals surface area contributed by atoms with E-state index >= 15 is 0 Å². The van der Waals surface area contributed by atoms with Crippen LogP contribution in [0.25, 0.3) is 0 Å². The molecule has 4 rings (SSSR count). The Morgan fingerprint density at radius 1 is 1.37 bits per heavy atom. The topological polar surface area (TPSA) is 55.8 Å². The molecule has 1 aromatic rings. The van der Waals surface area contributed by atoms with E-state index in [2.05, 4.69) is 0 Å². The van der Waals surface area contributed by atoms with E-state index in [4.69, 9.17) is 9.47 Å². The first-order chi connectivity index (χ1) is 9.16. The first kappa shape index (κ1) is 10.8. The quantitative estimate of drug-likeness (QED) is 0.702. The van der Waals surface area contributed by atoms with E-state index in [0.717, 1.165) is 5.56 Å². The molecule has 0 aromatic heterocycles. The normalized spacial score (nSPS) is 33.9. The lowest BCUT2D eigenvalue weighted by Crippen LogP contribution is -2.61. The molecule has 1 aromatic carbocycles. The molecule has 1 fully saturated rings. The number of ether oxygens (including phenoxy) is 2. The molecular formula is C14H11NO4. The predicted octanol–water partition coefficient (Wildman–Crippen LogP) is 1.29. The number of rotatable bonds is 0. The Hall–Kier alpha value is -2.14. The summed E-state index contributed by atoms with van der Waals surface area (Å²) < 4.78 is 10.9. The number of anilines is 1. The third kappa shape index (κ3) is 1.05. The molecule has 2 amide bonds. The number of fused-ring (bicyclic) bond motifs is 4. The molecule has 96 valence electrons. The second-order valence-corrected chi connectivity index (χ2v) is 4.89. The Labute approximate surface area is 109 Å². The molecule has 5 heteroatoms. The molecule has 1 spiro atoms. The fraction of sp³-hybridized carbons (Fsp3) is 0.286. The maximum absolute atomic E-state index is 12.6. The van der Waals surface area contributed by atoms with Crippen LogP contribution in [0.1, 0.15) is 12.5 Å². The van der Waals surface area contributed by atoms with Crippen LogP contribution in [0.4, 0.5) is 5.69 Å². The number of carbonyl (C=O) groups is 2. The van der Waals surface area contributed by atoms with Crippen molar-refractivity contribution < 1.29 is 19.1 Å². The van der Waals surface area contributed by atoms with Crippen molar-refractivity contribution in [3.05, 3.63) is 42.2 Å². The van der Waals surface area contributed by atoms with Gasteiger partial charge < -0.3 is 9.47 Å². The second kappa shape index (κ2) is 3.24. The zero-order chi connectivity index (χ0) is 13.2. The summed E-state index contributed by atoms with van der Waals surface area (Å²) in [5.41, 5.74) is 0.269. The zero-order valence-corrected chi connectivity index (χ0v) is 10.2. The third-order valence-electron chi connectivity index (χ3n) is 3.94. The Bertz CT molecular complexity index is 638. The molecule has 3 atom stereocenters. The Morgan fingerprint density at radius 3 is 2.89 bits per heavy atom. The molecule has 0 bridgehead atoms. The van der Waals surface area contributed by atoms with E-state index < -0.39 is 11.9 Å². The molecular weight excluding hydrogens is 246 g/mol. The highest BCUT2D eigenvalue weighted by molar-refractivity contribution is 6.22. The first-order valence-electron chi connectivity index (χ1n) is 6.11. The van der Waals surface area contributed by atoms with Crippen LogP contribution < -0.4 is 4.90 Å². The van der Waals surface area contributed by atoms with Crippen molar-refractivity contribution in [3.8, 4) is 0 Å². The minimum absolute atomic E-state index is 0.162. The fourth-order valence-electron chi connectivity index (χ4n) is 3.12. The summed E-state index contributed by atoms with van der Waals surface area (Å²) in [6.45, 7) is 1.38. The van der Waals surface area contributed by atoms with Gasteiger partial charge in [0.2, 0.25) is 12.2 Å². The number of hydrogen-bond donors (Lipinski definition) is 0. The lowest BCUT2D eigenvalue weighted by molar-refractivity contribution is -0.302. The maximum Gasteiger partial charge on any atom is 0.271 e. The van der Waals surface area contributed by atoms with Gasteiger partial charge >= 0.3 is 0 Å². The number of carbonyl (C=O) groups excluding carboxylic acids is 2. The van der Waals surface area contributed by atoms with E-state index in [9.17, 15) is 9.59 Å². The minimum Gasteiger partial charge on any atom is -0.472 e. The Balaban J connectivity index is 1.92. The molecule has 3 heterocycles. The van der Waals surface area contributed by atoms with Gasteiger partial charge in [-0.1, -0.05) is 18.2 Å². The van der Waals surface area contributed by atoms with Crippen LogP contribution in [0, 0.1) is 5.92 Å². The van der Waals surface area contributed by atoms with Crippen LogP contribution in [-0.2, 0) is 24.7 Å². The zero-order valence-electron chi connectivity index (χ0n) is 10.2. The highest BCUT2D eigenvalue weighted by atomic mass is 16.7. The van der Waals surface area contributed by atoms with Gasteiger partial charge in [-0.15, -0.1) is 0 Å². The molecule has 19 heavy (non-hydrogen) atoms. The van der Waals surface area contributed by atoms with Crippen molar-refractivity contribution in [2.24, 2.45) is 5.92 Å². The van der Waals surface area contributed by atoms with Crippen molar-refractivity contribution in [1.29, 1.82) is 0 Å². The van der Waals surface area contributed by atoms with Gasteiger partial charge in [-0.3, -0.25) is 9.59 Å². The summed E-state index contributed by atoms with van der Waals surface area (Å²) in [6.07, 6.45) is 2.96. The number of para-hydroxylation sites is 1. The maximum atomic E-state index is 12.6. The van der Waals surface area contributed by atoms with E-state index in [1.54, 1.807) is 18.4 Å². The summed E-state index contributed by atoms with van der Waals surface area (Å²) in [7, 11) is 0. The van der Waals surface area contributed by atoms with Crippen LogP contribution in [0.15, 0.2) is 36.6 Å². The molecule has 3 aliphatic heterocycles. The molecule has 0 N–H and O–H groups in total. The Kier molecular flexibility index (Phi) is 1.84. The molecule has 0 saturated carbocycles. The second-order valence-electron chi connectivity index (χ2n) is 4.89. The van der Waals surface area contributed by atoms with Crippen LogP contribution in [0.3, 0.4) is 0 Å². The van der Waals surface area contributed by atoms with Gasteiger partial charge in [0.05, 0.1) is 17.9 Å². The number of benzene rings is 1. The van der Waals surface area contributed by atoms with Gasteiger partial charge in [0, 0.05) is 12.5 Å². The molecule has 5 nitrogen and oxygen atoms in total. The van der Waals surface area contributed by atoms with E-state index in [-0.39, 0.29) is 17.7 Å². The van der Waals surface area contributed by atoms with Gasteiger partial charge in [0.25, 0.3) is 5.91 Å². The summed E-state index contributed by atoms with van der Waals surface area (Å²) in [5, 5.41) is 0. The summed E-state index contributed by atoms with van der Waals surface area (Å²) in [6, 6.07) is 7.24. The molecule has 1 saturated heterocycles. The van der Waals surface area contributed by atoms with Gasteiger partial charge in [-0.2, -0.15) is 0 Å². The largest absolute Gasteiger partial charge is 0.472 e. The minimum atomic E-state index is -1.08. The SMILES string of the molecule is CC(=O)N1C(=O)C2(OC3OC=CC32)c2ccccc21. The summed E-state index contributed by atoms with van der Waals surface area (Å²) >= 11 is 0. The summed E-state index contributed by atoms with van der Waals surface area (Å²) in [5.74, 6) is -0.785. The third-order valence-corrected chi connectivity index (χ3v) is 3.94. The van der Waals surface area contributed by atoms with Crippen LogP contribution >= 0.6 is 0 Å². The van der Waals surface area contributed by atoms with Gasteiger partial charge in [0.15, 0.2) is 5.60 Å². The van der Waals surface area contributed by atoms with Crippen molar-refractivity contribution >= 4 is 17.5 Å². The Morgan fingerprint density at radius 2 is 2.16 bits per heavy atom. The molecule has 3 aliphatic rings. The van der Waals surface area contributed by atoms with Crippen LogP contribution in [-0.4, -0.2) is 18.1 Å². The van der Waals surface area contributed by atoms with Crippen molar-refractivity contribution in [3.63, 3.8) is 0 Å². The molecule has 0 radical (unpaired) electrons. The van der Waals surface area contributed by atoms with Gasteiger partial charge in [0.1, 0.15) is 0 Å². The monoisotopic (exact) mass is 257 g/mol. The van der Waals surface area contributed by atoms with Crippen molar-refractivity contribution in [2.45, 2.75) is 18.8 Å². The first-order valence-corrected chi connectivity index (χ1v) is 6.11. The van der Waals surface area contributed by atoms with E-state index in [1.807, 2.05) is 18.2 Å². The molecule has 0 aliphatic carbocycles. The summed E-state index contributed by atoms with van der Waals surface area (Å²) in [4.78, 5) is 25.6. The lowest BCUT2D eigenvalue weighted by Gasteiger charge is -2.46. The van der Waals surface area contributed by atoms with Gasteiger partial charge in [-0.05, 0) is 12.1 Å². The van der Waals surface area contributed by atoms with Crippen molar-refractivity contribution in [2.75, 3.05) is 4.90 Å². The highest BCUT2D eigenvalue weighted by Crippen LogP contribution is 2.57. The number of hydrogen-bond acceptors (Lipinski definition) is 4. The van der Waals surface area contributed by atoms with Crippen molar-refractivity contribution in [1.82, 2.24) is 0 Å². The van der Waals surface area contributed by atoms with Crippen LogP contribution in [0.2, 0.25) is 0 Å². The lowest BCUT2D eigenvalue weighted by atomic mass is 9.77. The van der Waals surface area contributed by atoms with E-state index in [0.29, 0.717) is 5.69 Å². The average molecular weight is 257 g/mol. The van der Waals surface area contributed by atoms with E-state index in [1.165, 1.54) is 11.8 Å². The standard InChI is InChI=1S/C14H11NO4/c1-8(16)15-11-5-3-2-4-9(11)14(13(15)17)10-6-7-18-12(10)19-14/h2-7,10,12H,1H3. The predicted molar refractivity (Wildman–Crippen MR) is 64.9 cm³/mol. The average Bonchev–Trinajstić information content (AvgIpc) is 2.85. The van der Waals surface area contributed by atoms with Crippen LogP contribution in [0.5, 0.6) is 0 Å².